The van der Waals surface area contributed by atoms with Gasteiger partial charge in [-0.3, -0.25) is 4.99 Å². The van der Waals surface area contributed by atoms with Crippen molar-refractivity contribution in [3.8, 4) is 0 Å². The third-order valence-electron chi connectivity index (χ3n) is 2.55. The van der Waals surface area contributed by atoms with E-state index >= 15 is 0 Å². The molecule has 0 radical (unpaired) electrons. The molecule has 17 heavy (non-hydrogen) atoms. The third kappa shape index (κ3) is 2.97. The Hall–Kier alpha value is -1.10. The lowest BCUT2D eigenvalue weighted by atomic mass is 10.0. The molecule has 1 heterocycles. The Labute approximate surface area is 104 Å². The predicted molar refractivity (Wildman–Crippen MR) is 68.6 cm³/mol. The van der Waals surface area contributed by atoms with Gasteiger partial charge in [0.2, 0.25) is 0 Å². The Kier molecular flexibility index (Phi) is 3.38. The summed E-state index contributed by atoms with van der Waals surface area (Å²) < 4.78 is 26.5. The maximum atomic E-state index is 13.4. The Morgan fingerprint density at radius 2 is 2.12 bits per heavy atom. The molecule has 0 saturated carbocycles. The van der Waals surface area contributed by atoms with E-state index in [9.17, 15) is 8.78 Å². The zero-order valence-electron chi connectivity index (χ0n) is 9.76. The van der Waals surface area contributed by atoms with Crippen molar-refractivity contribution in [2.45, 2.75) is 25.8 Å². The average Bonchev–Trinajstić information content (AvgIpc) is 2.23. The summed E-state index contributed by atoms with van der Waals surface area (Å²) in [6.45, 7) is 4.05. The highest BCUT2D eigenvalue weighted by Gasteiger charge is 2.23. The van der Waals surface area contributed by atoms with E-state index in [0.29, 0.717) is 5.17 Å². The minimum Gasteiger partial charge on any atom is -0.332 e. The standard InChI is InChI=1S/C12H14F2N2S/c1-12(2)6-7-17-11(16-12)15-9-5-3-4-8(13)10(9)14/h3-5H,6-7H2,1-2H3,(H,15,16). The Balaban J connectivity index is 2.21. The van der Waals surface area contributed by atoms with Gasteiger partial charge < -0.3 is 5.32 Å². The molecule has 0 atom stereocenters. The first-order chi connectivity index (χ1) is 7.98. The number of amidine groups is 1. The topological polar surface area (TPSA) is 24.4 Å². The van der Waals surface area contributed by atoms with Crippen LogP contribution in [0.1, 0.15) is 20.3 Å². The fourth-order valence-electron chi connectivity index (χ4n) is 1.54. The van der Waals surface area contributed by atoms with Crippen LogP contribution in [0.5, 0.6) is 0 Å². The fourth-order valence-corrected chi connectivity index (χ4v) is 2.83. The first-order valence-electron chi connectivity index (χ1n) is 5.42. The van der Waals surface area contributed by atoms with Crippen LogP contribution >= 0.6 is 11.8 Å². The van der Waals surface area contributed by atoms with Crippen LogP contribution in [-0.4, -0.2) is 16.5 Å². The van der Waals surface area contributed by atoms with Gasteiger partial charge in [-0.05, 0) is 32.4 Å². The molecule has 1 N–H and O–H groups in total. The number of hydrogen-bond acceptors (Lipinski definition) is 3. The zero-order valence-corrected chi connectivity index (χ0v) is 10.6. The summed E-state index contributed by atoms with van der Waals surface area (Å²) in [5.74, 6) is -0.787. The number of nitrogens with one attached hydrogen (secondary N) is 1. The number of hydrogen-bond donors (Lipinski definition) is 1. The fraction of sp³-hybridized carbons (Fsp3) is 0.417. The molecular formula is C12H14F2N2S. The van der Waals surface area contributed by atoms with Gasteiger partial charge in [-0.2, -0.15) is 0 Å². The van der Waals surface area contributed by atoms with Crippen molar-refractivity contribution in [1.29, 1.82) is 0 Å². The zero-order chi connectivity index (χ0) is 12.5. The molecular weight excluding hydrogens is 242 g/mol. The Morgan fingerprint density at radius 1 is 1.35 bits per heavy atom. The molecule has 0 aliphatic carbocycles. The van der Waals surface area contributed by atoms with E-state index in [-0.39, 0.29) is 11.2 Å². The summed E-state index contributed by atoms with van der Waals surface area (Å²) in [6.07, 6.45) is 0.981. The van der Waals surface area contributed by atoms with Crippen molar-refractivity contribution in [2.24, 2.45) is 4.99 Å². The molecule has 1 aromatic rings. The molecule has 0 unspecified atom stereocenters. The summed E-state index contributed by atoms with van der Waals surface area (Å²) in [6, 6.07) is 4.07. The van der Waals surface area contributed by atoms with Crippen LogP contribution in [0.2, 0.25) is 0 Å². The number of rotatable bonds is 1. The van der Waals surface area contributed by atoms with Crippen molar-refractivity contribution in [3.05, 3.63) is 29.8 Å². The van der Waals surface area contributed by atoms with E-state index in [0.717, 1.165) is 18.2 Å². The number of thioether (sulfide) groups is 1. The van der Waals surface area contributed by atoms with E-state index in [4.69, 9.17) is 0 Å². The summed E-state index contributed by atoms with van der Waals surface area (Å²) in [4.78, 5) is 4.46. The predicted octanol–water partition coefficient (Wildman–Crippen LogP) is 3.65. The molecule has 0 spiro atoms. The largest absolute Gasteiger partial charge is 0.332 e. The van der Waals surface area contributed by atoms with Gasteiger partial charge in [-0.15, -0.1) is 0 Å². The molecule has 5 heteroatoms. The van der Waals surface area contributed by atoms with Gasteiger partial charge in [0, 0.05) is 5.75 Å². The smallest absolute Gasteiger partial charge is 0.182 e. The second-order valence-corrected chi connectivity index (χ2v) is 5.64. The average molecular weight is 256 g/mol. The monoisotopic (exact) mass is 256 g/mol. The summed E-state index contributed by atoms with van der Waals surface area (Å²) in [5, 5.41) is 3.49. The van der Waals surface area contributed by atoms with Gasteiger partial charge in [0.15, 0.2) is 16.8 Å². The van der Waals surface area contributed by atoms with Crippen LogP contribution < -0.4 is 5.32 Å². The lowest BCUT2D eigenvalue weighted by molar-refractivity contribution is 0.506. The highest BCUT2D eigenvalue weighted by Crippen LogP contribution is 2.27. The van der Waals surface area contributed by atoms with Crippen molar-refractivity contribution in [2.75, 3.05) is 11.1 Å². The lowest BCUT2D eigenvalue weighted by Gasteiger charge is -2.26. The first-order valence-corrected chi connectivity index (χ1v) is 6.40. The Morgan fingerprint density at radius 3 is 2.82 bits per heavy atom. The number of halogens is 2. The lowest BCUT2D eigenvalue weighted by Crippen LogP contribution is -2.27. The van der Waals surface area contributed by atoms with Crippen LogP contribution in [0.25, 0.3) is 0 Å². The molecule has 2 rings (SSSR count). The van der Waals surface area contributed by atoms with Crippen molar-refractivity contribution in [3.63, 3.8) is 0 Å². The van der Waals surface area contributed by atoms with Gasteiger partial charge in [-0.25, -0.2) is 8.78 Å². The number of anilines is 1. The number of aliphatic imine (C=N–C) groups is 1. The van der Waals surface area contributed by atoms with Crippen LogP contribution in [0.3, 0.4) is 0 Å². The van der Waals surface area contributed by atoms with Gasteiger partial charge in [0.05, 0.1) is 11.2 Å². The van der Waals surface area contributed by atoms with Gasteiger partial charge in [0.25, 0.3) is 0 Å². The SMILES string of the molecule is CC1(C)CCSC(Nc2cccc(F)c2F)=N1. The van der Waals surface area contributed by atoms with Gasteiger partial charge in [-0.1, -0.05) is 17.8 Å². The van der Waals surface area contributed by atoms with E-state index in [1.54, 1.807) is 0 Å². The Bertz CT molecular complexity index is 458. The van der Waals surface area contributed by atoms with E-state index in [1.807, 2.05) is 13.8 Å². The molecule has 0 saturated heterocycles. The molecule has 0 amide bonds. The quantitative estimate of drug-likeness (QED) is 0.829. The molecule has 0 fully saturated rings. The molecule has 92 valence electrons. The van der Waals surface area contributed by atoms with Gasteiger partial charge >= 0.3 is 0 Å². The molecule has 1 aliphatic heterocycles. The number of nitrogens with zero attached hydrogens (tertiary/aromatic N) is 1. The first kappa shape index (κ1) is 12.4. The van der Waals surface area contributed by atoms with Crippen LogP contribution in [0.15, 0.2) is 23.2 Å². The van der Waals surface area contributed by atoms with E-state index in [2.05, 4.69) is 10.3 Å². The second-order valence-electron chi connectivity index (χ2n) is 4.55. The highest BCUT2D eigenvalue weighted by atomic mass is 32.2. The highest BCUT2D eigenvalue weighted by molar-refractivity contribution is 8.14. The minimum atomic E-state index is -0.862. The van der Waals surface area contributed by atoms with Crippen LogP contribution in [0, 0.1) is 11.6 Å². The molecule has 0 bridgehead atoms. The molecule has 1 aliphatic rings. The van der Waals surface area contributed by atoms with Gasteiger partial charge in [0.1, 0.15) is 0 Å². The molecule has 2 nitrogen and oxygen atoms in total. The summed E-state index contributed by atoms with van der Waals surface area (Å²) >= 11 is 1.52. The van der Waals surface area contributed by atoms with Crippen molar-refractivity contribution >= 4 is 22.6 Å². The summed E-state index contributed by atoms with van der Waals surface area (Å²) in [7, 11) is 0. The molecule has 1 aromatic carbocycles. The minimum absolute atomic E-state index is 0.133. The van der Waals surface area contributed by atoms with Crippen molar-refractivity contribution < 1.29 is 8.78 Å². The second kappa shape index (κ2) is 4.64. The van der Waals surface area contributed by atoms with E-state index in [1.165, 1.54) is 23.9 Å². The third-order valence-corrected chi connectivity index (χ3v) is 3.43. The maximum absolute atomic E-state index is 13.4. The van der Waals surface area contributed by atoms with Crippen molar-refractivity contribution in [1.82, 2.24) is 0 Å². The maximum Gasteiger partial charge on any atom is 0.182 e. The summed E-state index contributed by atoms with van der Waals surface area (Å²) in [5.41, 5.74) is -0.00820. The number of benzene rings is 1. The normalized spacial score (nSPS) is 18.7. The van der Waals surface area contributed by atoms with E-state index < -0.39 is 11.6 Å². The van der Waals surface area contributed by atoms with Crippen LogP contribution in [0.4, 0.5) is 14.5 Å². The van der Waals surface area contributed by atoms with Crippen LogP contribution in [-0.2, 0) is 0 Å². The molecule has 0 aromatic heterocycles.